The first-order valence-electron chi connectivity index (χ1n) is 6.90. The Bertz CT molecular complexity index is 240. The summed E-state index contributed by atoms with van der Waals surface area (Å²) in [4.78, 5) is 8.82. The molecular weight excluding hydrogens is 212 g/mol. The number of nitrogens with two attached hydrogens (primary N) is 1. The van der Waals surface area contributed by atoms with Gasteiger partial charge in [-0.15, -0.1) is 0 Å². The van der Waals surface area contributed by atoms with Gasteiger partial charge in [-0.25, -0.2) is 0 Å². The molecule has 0 spiro atoms. The van der Waals surface area contributed by atoms with Crippen LogP contribution >= 0.6 is 0 Å². The second-order valence-corrected chi connectivity index (χ2v) is 5.58. The molecule has 0 aromatic carbocycles. The largest absolute Gasteiger partial charge is 0.300 e. The Labute approximate surface area is 105 Å². The van der Waals surface area contributed by atoms with E-state index in [1.165, 1.54) is 38.8 Å². The number of likely N-dealkylation sites (tertiary alicyclic amines) is 2. The van der Waals surface area contributed by atoms with Gasteiger partial charge in [0.15, 0.2) is 6.29 Å². The second kappa shape index (κ2) is 5.94. The third-order valence-electron chi connectivity index (χ3n) is 4.39. The van der Waals surface area contributed by atoms with E-state index in [4.69, 9.17) is 5.73 Å². The number of hydrogen-bond donors (Lipinski definition) is 1. The summed E-state index contributed by atoms with van der Waals surface area (Å²) in [6, 6.07) is 0.774. The van der Waals surface area contributed by atoms with E-state index in [-0.39, 0.29) is 6.29 Å². The van der Waals surface area contributed by atoms with E-state index in [1.54, 1.807) is 0 Å². The van der Waals surface area contributed by atoms with Gasteiger partial charge in [-0.3, -0.25) is 15.6 Å². The Hall–Kier alpha value is -0.450. The van der Waals surface area contributed by atoms with Crippen LogP contribution in [-0.4, -0.2) is 55.0 Å². The molecule has 2 rings (SSSR count). The highest BCUT2D eigenvalue weighted by Crippen LogP contribution is 2.23. The fraction of sp³-hybridized carbons (Fsp3) is 0.923. The number of aliphatic imine (C=N–C) groups is 1. The Kier molecular flexibility index (Phi) is 4.54. The summed E-state index contributed by atoms with van der Waals surface area (Å²) in [5, 5.41) is 0. The summed E-state index contributed by atoms with van der Waals surface area (Å²) in [5.41, 5.74) is 5.87. The van der Waals surface area contributed by atoms with Crippen molar-refractivity contribution in [3.8, 4) is 0 Å². The Morgan fingerprint density at radius 2 is 1.71 bits per heavy atom. The van der Waals surface area contributed by atoms with Gasteiger partial charge in [-0.2, -0.15) is 0 Å². The molecule has 2 aliphatic rings. The molecule has 2 fully saturated rings. The lowest BCUT2D eigenvalue weighted by Crippen LogP contribution is -2.51. The fourth-order valence-electron chi connectivity index (χ4n) is 3.02. The van der Waals surface area contributed by atoms with Gasteiger partial charge >= 0.3 is 0 Å². The van der Waals surface area contributed by atoms with Crippen LogP contribution in [0.3, 0.4) is 0 Å². The summed E-state index contributed by atoms with van der Waals surface area (Å²) >= 11 is 0. The lowest BCUT2D eigenvalue weighted by atomic mass is 9.95. The third-order valence-corrected chi connectivity index (χ3v) is 4.39. The summed E-state index contributed by atoms with van der Waals surface area (Å²) < 4.78 is 0. The maximum atomic E-state index is 5.87. The fourth-order valence-corrected chi connectivity index (χ4v) is 3.02. The van der Waals surface area contributed by atoms with Gasteiger partial charge in [-0.05, 0) is 51.4 Å². The van der Waals surface area contributed by atoms with Crippen LogP contribution in [-0.2, 0) is 0 Å². The zero-order valence-corrected chi connectivity index (χ0v) is 11.0. The van der Waals surface area contributed by atoms with Gasteiger partial charge in [0.25, 0.3) is 0 Å². The Morgan fingerprint density at radius 3 is 2.24 bits per heavy atom. The normalized spacial score (nSPS) is 28.1. The van der Waals surface area contributed by atoms with Crippen molar-refractivity contribution in [2.45, 2.75) is 44.9 Å². The predicted octanol–water partition coefficient (Wildman–Crippen LogP) is 1.13. The Morgan fingerprint density at radius 1 is 1.12 bits per heavy atom. The first-order chi connectivity index (χ1) is 8.20. The van der Waals surface area contributed by atoms with Gasteiger partial charge in [-0.1, -0.05) is 6.92 Å². The van der Waals surface area contributed by atoms with E-state index >= 15 is 0 Å². The van der Waals surface area contributed by atoms with Crippen molar-refractivity contribution in [2.24, 2.45) is 16.6 Å². The van der Waals surface area contributed by atoms with E-state index in [1.807, 2.05) is 0 Å². The van der Waals surface area contributed by atoms with E-state index in [9.17, 15) is 0 Å². The maximum Gasteiger partial charge on any atom is 0.152 e. The van der Waals surface area contributed by atoms with Crippen LogP contribution in [0, 0.1) is 5.92 Å². The smallest absolute Gasteiger partial charge is 0.152 e. The number of rotatable bonds is 3. The summed E-state index contributed by atoms with van der Waals surface area (Å²) in [6.45, 7) is 10.6. The van der Waals surface area contributed by atoms with Gasteiger partial charge in [0.1, 0.15) is 0 Å². The quantitative estimate of drug-likeness (QED) is 0.750. The first kappa shape index (κ1) is 13.0. The van der Waals surface area contributed by atoms with Gasteiger partial charge in [0.05, 0.1) is 0 Å². The molecule has 0 bridgehead atoms. The van der Waals surface area contributed by atoms with Crippen molar-refractivity contribution >= 4 is 6.72 Å². The van der Waals surface area contributed by atoms with Crippen molar-refractivity contribution in [2.75, 3.05) is 26.2 Å². The molecule has 4 heteroatoms. The molecule has 1 unspecified atom stereocenters. The molecule has 0 saturated carbocycles. The lowest BCUT2D eigenvalue weighted by Gasteiger charge is -2.42. The highest BCUT2D eigenvalue weighted by Gasteiger charge is 2.28. The zero-order chi connectivity index (χ0) is 12.3. The van der Waals surface area contributed by atoms with E-state index < -0.39 is 0 Å². The first-order valence-corrected chi connectivity index (χ1v) is 6.90. The average molecular weight is 238 g/mol. The van der Waals surface area contributed by atoms with E-state index in [2.05, 4.69) is 28.4 Å². The SMILES string of the molecule is C=NC(N)N1CCC(N2CCC(C)CC2)CC1. The highest BCUT2D eigenvalue weighted by atomic mass is 15.3. The molecule has 2 saturated heterocycles. The number of piperidine rings is 2. The number of hydrogen-bond acceptors (Lipinski definition) is 4. The van der Waals surface area contributed by atoms with Crippen LogP contribution < -0.4 is 5.73 Å². The molecular formula is C13H26N4. The molecule has 0 radical (unpaired) electrons. The molecule has 17 heavy (non-hydrogen) atoms. The molecule has 2 aliphatic heterocycles. The second-order valence-electron chi connectivity index (χ2n) is 5.58. The molecule has 2 heterocycles. The van der Waals surface area contributed by atoms with Crippen molar-refractivity contribution in [1.29, 1.82) is 0 Å². The average Bonchev–Trinajstić information content (AvgIpc) is 2.39. The molecule has 98 valence electrons. The van der Waals surface area contributed by atoms with Crippen molar-refractivity contribution in [3.63, 3.8) is 0 Å². The van der Waals surface area contributed by atoms with Crippen LogP contribution in [0.25, 0.3) is 0 Å². The standard InChI is InChI=1S/C13H26N4/c1-11-3-7-16(8-4-11)12-5-9-17(10-6-12)13(14)15-2/h11-13H,2-10,14H2,1H3. The van der Waals surface area contributed by atoms with Gasteiger partial charge in [0, 0.05) is 19.1 Å². The molecule has 0 aromatic heterocycles. The van der Waals surface area contributed by atoms with Crippen LogP contribution in [0.5, 0.6) is 0 Å². The topological polar surface area (TPSA) is 44.9 Å². The third kappa shape index (κ3) is 3.27. The zero-order valence-electron chi connectivity index (χ0n) is 11.0. The van der Waals surface area contributed by atoms with Gasteiger partial charge in [0.2, 0.25) is 0 Å². The molecule has 0 amide bonds. The Balaban J connectivity index is 1.77. The van der Waals surface area contributed by atoms with Crippen molar-refractivity contribution in [3.05, 3.63) is 0 Å². The molecule has 1 atom stereocenters. The van der Waals surface area contributed by atoms with E-state index in [0.29, 0.717) is 0 Å². The predicted molar refractivity (Wildman–Crippen MR) is 72.1 cm³/mol. The summed E-state index contributed by atoms with van der Waals surface area (Å²) in [5.74, 6) is 0.921. The van der Waals surface area contributed by atoms with Crippen molar-refractivity contribution < 1.29 is 0 Å². The summed E-state index contributed by atoms with van der Waals surface area (Å²) in [7, 11) is 0. The molecule has 4 nitrogen and oxygen atoms in total. The highest BCUT2D eigenvalue weighted by molar-refractivity contribution is 5.23. The summed E-state index contributed by atoms with van der Waals surface area (Å²) in [6.07, 6.45) is 5.01. The van der Waals surface area contributed by atoms with Crippen LogP contribution in [0.2, 0.25) is 0 Å². The molecule has 2 N–H and O–H groups in total. The van der Waals surface area contributed by atoms with Crippen LogP contribution in [0.15, 0.2) is 4.99 Å². The minimum atomic E-state index is -0.197. The minimum Gasteiger partial charge on any atom is -0.300 e. The minimum absolute atomic E-state index is 0.197. The van der Waals surface area contributed by atoms with Crippen LogP contribution in [0.4, 0.5) is 0 Å². The monoisotopic (exact) mass is 238 g/mol. The lowest BCUT2D eigenvalue weighted by molar-refractivity contribution is 0.0661. The van der Waals surface area contributed by atoms with Crippen LogP contribution in [0.1, 0.15) is 32.6 Å². The number of nitrogens with zero attached hydrogens (tertiary/aromatic N) is 3. The van der Waals surface area contributed by atoms with E-state index in [0.717, 1.165) is 25.0 Å². The van der Waals surface area contributed by atoms with Crippen molar-refractivity contribution in [1.82, 2.24) is 9.80 Å². The molecule has 0 aromatic rings. The maximum absolute atomic E-state index is 5.87. The molecule has 0 aliphatic carbocycles. The van der Waals surface area contributed by atoms with Gasteiger partial charge < -0.3 is 4.90 Å².